The van der Waals surface area contributed by atoms with Crippen LogP contribution in [0.5, 0.6) is 0 Å². The lowest BCUT2D eigenvalue weighted by atomic mass is 9.91. The highest BCUT2D eigenvalue weighted by molar-refractivity contribution is 5.32. The quantitative estimate of drug-likeness (QED) is 0.827. The summed E-state index contributed by atoms with van der Waals surface area (Å²) >= 11 is 0. The van der Waals surface area contributed by atoms with Crippen LogP contribution in [0.2, 0.25) is 0 Å². The van der Waals surface area contributed by atoms with Crippen LogP contribution in [0.25, 0.3) is 0 Å². The second-order valence-corrected chi connectivity index (χ2v) is 4.50. The molecule has 2 rings (SSSR count). The van der Waals surface area contributed by atoms with Crippen molar-refractivity contribution in [2.75, 3.05) is 6.61 Å². The Hall–Kier alpha value is -1.28. The van der Waals surface area contributed by atoms with Crippen molar-refractivity contribution < 1.29 is 9.84 Å². The van der Waals surface area contributed by atoms with E-state index in [1.165, 1.54) is 5.56 Å². The Bertz CT molecular complexity index is 388. The van der Waals surface area contributed by atoms with Crippen molar-refractivity contribution in [1.82, 2.24) is 0 Å². The van der Waals surface area contributed by atoms with E-state index < -0.39 is 5.60 Å². The molecule has 2 heteroatoms. The van der Waals surface area contributed by atoms with Crippen LogP contribution < -0.4 is 0 Å². The molecule has 1 atom stereocenters. The largest absolute Gasteiger partial charge is 0.495 e. The number of ether oxygens (including phenoxy) is 1. The van der Waals surface area contributed by atoms with E-state index in [1.54, 1.807) is 6.92 Å². The molecule has 0 bridgehead atoms. The fourth-order valence-corrected chi connectivity index (χ4v) is 1.92. The van der Waals surface area contributed by atoms with Crippen LogP contribution in [0.15, 0.2) is 36.1 Å². The molecule has 0 spiro atoms. The Balaban J connectivity index is 2.30. The molecule has 0 fully saturated rings. The summed E-state index contributed by atoms with van der Waals surface area (Å²) in [4.78, 5) is 0. The third-order valence-corrected chi connectivity index (χ3v) is 3.03. The van der Waals surface area contributed by atoms with Crippen LogP contribution in [-0.2, 0) is 10.3 Å². The standard InChI is InChI=1S/C14H18O2/c1-11-6-8-12(9-7-11)14(2,15)13-5-3-4-10-16-13/h5-9,15H,3-4,10H2,1-2H3. The van der Waals surface area contributed by atoms with Gasteiger partial charge in [-0.3, -0.25) is 0 Å². The van der Waals surface area contributed by atoms with Crippen LogP contribution in [0, 0.1) is 6.92 Å². The van der Waals surface area contributed by atoms with E-state index >= 15 is 0 Å². The van der Waals surface area contributed by atoms with Gasteiger partial charge in [-0.15, -0.1) is 0 Å². The molecule has 0 saturated carbocycles. The van der Waals surface area contributed by atoms with E-state index in [4.69, 9.17) is 4.74 Å². The first-order valence-corrected chi connectivity index (χ1v) is 5.73. The van der Waals surface area contributed by atoms with Gasteiger partial charge in [-0.25, -0.2) is 0 Å². The monoisotopic (exact) mass is 218 g/mol. The average Bonchev–Trinajstić information content (AvgIpc) is 2.31. The summed E-state index contributed by atoms with van der Waals surface area (Å²) in [6.07, 6.45) is 4.01. The lowest BCUT2D eigenvalue weighted by molar-refractivity contribution is 0.0150. The first kappa shape index (κ1) is 11.2. The molecule has 0 aromatic heterocycles. The maximum Gasteiger partial charge on any atom is 0.143 e. The second-order valence-electron chi connectivity index (χ2n) is 4.50. The van der Waals surface area contributed by atoms with Crippen LogP contribution >= 0.6 is 0 Å². The second kappa shape index (κ2) is 4.30. The number of aliphatic hydroxyl groups is 1. The molecule has 0 amide bonds. The van der Waals surface area contributed by atoms with Crippen LogP contribution in [0.3, 0.4) is 0 Å². The first-order chi connectivity index (χ1) is 7.60. The Morgan fingerprint density at radius 1 is 1.25 bits per heavy atom. The van der Waals surface area contributed by atoms with Gasteiger partial charge in [-0.05, 0) is 38.3 Å². The van der Waals surface area contributed by atoms with Crippen molar-refractivity contribution >= 4 is 0 Å². The maximum atomic E-state index is 10.5. The normalized spacial score (nSPS) is 19.6. The van der Waals surface area contributed by atoms with Gasteiger partial charge >= 0.3 is 0 Å². The summed E-state index contributed by atoms with van der Waals surface area (Å²) in [5.74, 6) is 0.683. The average molecular weight is 218 g/mol. The van der Waals surface area contributed by atoms with Crippen molar-refractivity contribution in [2.45, 2.75) is 32.3 Å². The zero-order valence-electron chi connectivity index (χ0n) is 9.86. The highest BCUT2D eigenvalue weighted by Crippen LogP contribution is 2.32. The molecule has 1 unspecified atom stereocenters. The number of hydrogen-bond donors (Lipinski definition) is 1. The topological polar surface area (TPSA) is 29.5 Å². The van der Waals surface area contributed by atoms with Gasteiger partial charge in [0.05, 0.1) is 6.61 Å². The summed E-state index contributed by atoms with van der Waals surface area (Å²) in [5, 5.41) is 10.5. The lowest BCUT2D eigenvalue weighted by Crippen LogP contribution is -2.27. The van der Waals surface area contributed by atoms with Gasteiger partial charge in [-0.2, -0.15) is 0 Å². The maximum absolute atomic E-state index is 10.5. The Morgan fingerprint density at radius 2 is 1.94 bits per heavy atom. The third kappa shape index (κ3) is 2.12. The van der Waals surface area contributed by atoms with Gasteiger partial charge < -0.3 is 9.84 Å². The third-order valence-electron chi connectivity index (χ3n) is 3.03. The molecule has 1 aromatic carbocycles. The summed E-state index contributed by atoms with van der Waals surface area (Å²) < 4.78 is 5.54. The molecule has 0 radical (unpaired) electrons. The van der Waals surface area contributed by atoms with E-state index in [9.17, 15) is 5.11 Å². The molecule has 16 heavy (non-hydrogen) atoms. The van der Waals surface area contributed by atoms with E-state index in [2.05, 4.69) is 0 Å². The van der Waals surface area contributed by atoms with Crippen LogP contribution in [0.4, 0.5) is 0 Å². The van der Waals surface area contributed by atoms with Crippen molar-refractivity contribution in [3.63, 3.8) is 0 Å². The zero-order chi connectivity index (χ0) is 11.6. The molecule has 0 saturated heterocycles. The molecule has 1 aliphatic rings. The molecule has 1 heterocycles. The summed E-state index contributed by atoms with van der Waals surface area (Å²) in [6, 6.07) is 7.92. The first-order valence-electron chi connectivity index (χ1n) is 5.73. The molecule has 1 aliphatic heterocycles. The lowest BCUT2D eigenvalue weighted by Gasteiger charge is -2.29. The minimum Gasteiger partial charge on any atom is -0.495 e. The fraction of sp³-hybridized carbons (Fsp3) is 0.429. The molecular formula is C14H18O2. The Kier molecular flexibility index (Phi) is 3.01. The van der Waals surface area contributed by atoms with Crippen LogP contribution in [0.1, 0.15) is 30.9 Å². The highest BCUT2D eigenvalue weighted by atomic mass is 16.5. The van der Waals surface area contributed by atoms with Gasteiger partial charge in [0, 0.05) is 0 Å². The molecule has 1 N–H and O–H groups in total. The van der Waals surface area contributed by atoms with Gasteiger partial charge in [0.25, 0.3) is 0 Å². The summed E-state index contributed by atoms with van der Waals surface area (Å²) in [6.45, 7) is 4.53. The molecule has 1 aromatic rings. The van der Waals surface area contributed by atoms with Gasteiger partial charge in [-0.1, -0.05) is 29.8 Å². The van der Waals surface area contributed by atoms with Gasteiger partial charge in [0.15, 0.2) is 0 Å². The predicted molar refractivity (Wildman–Crippen MR) is 64.0 cm³/mol. The summed E-state index contributed by atoms with van der Waals surface area (Å²) in [5.41, 5.74) is 1.07. The number of aryl methyl sites for hydroxylation is 1. The summed E-state index contributed by atoms with van der Waals surface area (Å²) in [7, 11) is 0. The smallest absolute Gasteiger partial charge is 0.143 e. The number of allylic oxidation sites excluding steroid dienone is 1. The van der Waals surface area contributed by atoms with Crippen LogP contribution in [-0.4, -0.2) is 11.7 Å². The number of benzene rings is 1. The van der Waals surface area contributed by atoms with E-state index in [-0.39, 0.29) is 0 Å². The Morgan fingerprint density at radius 3 is 2.50 bits per heavy atom. The fourth-order valence-electron chi connectivity index (χ4n) is 1.92. The van der Waals surface area contributed by atoms with E-state index in [0.717, 1.165) is 18.4 Å². The van der Waals surface area contributed by atoms with Gasteiger partial charge in [0.1, 0.15) is 11.4 Å². The molecule has 86 valence electrons. The van der Waals surface area contributed by atoms with E-state index in [1.807, 2.05) is 37.3 Å². The highest BCUT2D eigenvalue weighted by Gasteiger charge is 2.30. The van der Waals surface area contributed by atoms with Crippen molar-refractivity contribution in [3.8, 4) is 0 Å². The molecular weight excluding hydrogens is 200 g/mol. The minimum atomic E-state index is -1.01. The van der Waals surface area contributed by atoms with Crippen molar-refractivity contribution in [2.24, 2.45) is 0 Å². The van der Waals surface area contributed by atoms with Gasteiger partial charge in [0.2, 0.25) is 0 Å². The molecule has 2 nitrogen and oxygen atoms in total. The van der Waals surface area contributed by atoms with Crippen molar-refractivity contribution in [3.05, 3.63) is 47.2 Å². The molecule has 0 aliphatic carbocycles. The SMILES string of the molecule is Cc1ccc(C(C)(O)C2=CCCCO2)cc1. The Labute approximate surface area is 96.6 Å². The van der Waals surface area contributed by atoms with Crippen molar-refractivity contribution in [1.29, 1.82) is 0 Å². The predicted octanol–water partition coefficient (Wildman–Crippen LogP) is 2.90. The number of rotatable bonds is 2. The zero-order valence-corrected chi connectivity index (χ0v) is 9.86. The van der Waals surface area contributed by atoms with E-state index in [0.29, 0.717) is 12.4 Å². The number of hydrogen-bond acceptors (Lipinski definition) is 2. The minimum absolute atomic E-state index is 0.683.